The Morgan fingerprint density at radius 3 is 2.96 bits per heavy atom. The van der Waals surface area contributed by atoms with Gasteiger partial charge < -0.3 is 15.6 Å². The largest absolute Gasteiger partial charge is 0.393 e. The summed E-state index contributed by atoms with van der Waals surface area (Å²) in [5, 5.41) is 20.6. The maximum atomic E-state index is 9.88. The van der Waals surface area contributed by atoms with Gasteiger partial charge in [-0.3, -0.25) is 0 Å². The van der Waals surface area contributed by atoms with Crippen molar-refractivity contribution in [1.82, 2.24) is 4.98 Å². The molecule has 1 aromatic heterocycles. The van der Waals surface area contributed by atoms with E-state index < -0.39 is 5.54 Å². The maximum Gasteiger partial charge on any atom is 0.151 e. The first kappa shape index (κ1) is 17.4. The number of hydrogen-bond acceptors (Lipinski definition) is 6. The molecule has 3 N–H and O–H groups in total. The standard InChI is InChI=1S/C19H21ClN4O2/c1-11-9-26-17(19(10-25)2-3-23-24-19)7-14(11)12-4-13-6-18(21)22-8-15(13)16(20)5-12/h2-6,8,11,14,17,25H,7,9-10H2,1H3,(H2,21,22). The molecule has 0 spiro atoms. The van der Waals surface area contributed by atoms with Gasteiger partial charge in [0.05, 0.1) is 24.3 Å². The lowest BCUT2D eigenvalue weighted by Gasteiger charge is -2.40. The van der Waals surface area contributed by atoms with Gasteiger partial charge in [0.25, 0.3) is 0 Å². The average Bonchev–Trinajstić information content (AvgIpc) is 3.12. The van der Waals surface area contributed by atoms with Gasteiger partial charge in [-0.15, -0.1) is 0 Å². The molecule has 7 heteroatoms. The van der Waals surface area contributed by atoms with Crippen LogP contribution in [-0.2, 0) is 4.74 Å². The first-order valence-electron chi connectivity index (χ1n) is 8.69. The van der Waals surface area contributed by atoms with Crippen molar-refractivity contribution in [3.05, 3.63) is 47.3 Å². The van der Waals surface area contributed by atoms with Gasteiger partial charge in [-0.2, -0.15) is 10.2 Å². The minimum Gasteiger partial charge on any atom is -0.393 e. The molecule has 3 heterocycles. The zero-order valence-corrected chi connectivity index (χ0v) is 15.2. The number of rotatable bonds is 3. The highest BCUT2D eigenvalue weighted by atomic mass is 35.5. The van der Waals surface area contributed by atoms with Crippen molar-refractivity contribution < 1.29 is 9.84 Å². The molecule has 0 amide bonds. The van der Waals surface area contributed by atoms with E-state index in [4.69, 9.17) is 22.1 Å². The predicted octanol–water partition coefficient (Wildman–Crippen LogP) is 3.69. The number of aliphatic hydroxyl groups is 1. The lowest BCUT2D eigenvalue weighted by molar-refractivity contribution is -0.0620. The number of azo groups is 1. The molecule has 1 saturated heterocycles. The molecular weight excluding hydrogens is 352 g/mol. The van der Waals surface area contributed by atoms with Crippen LogP contribution in [0.1, 0.15) is 24.8 Å². The number of nitrogens with two attached hydrogens (primary N) is 1. The van der Waals surface area contributed by atoms with Crippen LogP contribution >= 0.6 is 11.6 Å². The van der Waals surface area contributed by atoms with Gasteiger partial charge in [-0.1, -0.05) is 24.6 Å². The lowest BCUT2D eigenvalue weighted by atomic mass is 9.76. The molecule has 136 valence electrons. The third-order valence-corrected chi connectivity index (χ3v) is 5.77. The molecule has 4 rings (SSSR count). The fraction of sp³-hybridized carbons (Fsp3) is 0.421. The van der Waals surface area contributed by atoms with Crippen LogP contribution in [0.2, 0.25) is 5.02 Å². The number of anilines is 1. The van der Waals surface area contributed by atoms with Crippen LogP contribution in [0.25, 0.3) is 10.8 Å². The van der Waals surface area contributed by atoms with E-state index in [-0.39, 0.29) is 18.6 Å². The highest BCUT2D eigenvalue weighted by molar-refractivity contribution is 6.35. The van der Waals surface area contributed by atoms with E-state index in [0.717, 1.165) is 22.8 Å². The normalized spacial score (nSPS) is 31.0. The zero-order valence-electron chi connectivity index (χ0n) is 14.5. The maximum absolute atomic E-state index is 9.88. The van der Waals surface area contributed by atoms with E-state index in [0.29, 0.717) is 23.4 Å². The van der Waals surface area contributed by atoms with Crippen LogP contribution in [0.3, 0.4) is 0 Å². The number of aromatic nitrogens is 1. The Morgan fingerprint density at radius 2 is 2.23 bits per heavy atom. The molecule has 4 unspecified atom stereocenters. The van der Waals surface area contributed by atoms with Crippen molar-refractivity contribution in [1.29, 1.82) is 0 Å². The van der Waals surface area contributed by atoms with E-state index >= 15 is 0 Å². The van der Waals surface area contributed by atoms with E-state index in [1.165, 1.54) is 0 Å². The van der Waals surface area contributed by atoms with E-state index in [2.05, 4.69) is 28.2 Å². The monoisotopic (exact) mass is 372 g/mol. The van der Waals surface area contributed by atoms with Gasteiger partial charge in [0.15, 0.2) is 5.54 Å². The summed E-state index contributed by atoms with van der Waals surface area (Å²) in [6, 6.07) is 5.97. The topological polar surface area (TPSA) is 93.1 Å². The zero-order chi connectivity index (χ0) is 18.3. The van der Waals surface area contributed by atoms with Crippen molar-refractivity contribution >= 4 is 28.2 Å². The van der Waals surface area contributed by atoms with Gasteiger partial charge in [-0.25, -0.2) is 4.98 Å². The molecule has 1 aromatic carbocycles. The number of nitrogens with zero attached hydrogens (tertiary/aromatic N) is 3. The van der Waals surface area contributed by atoms with Crippen molar-refractivity contribution in [3.8, 4) is 0 Å². The minimum absolute atomic E-state index is 0.126. The minimum atomic E-state index is -0.784. The second kappa shape index (κ2) is 6.61. The summed E-state index contributed by atoms with van der Waals surface area (Å²) in [5.41, 5.74) is 6.19. The molecule has 26 heavy (non-hydrogen) atoms. The predicted molar refractivity (Wildman–Crippen MR) is 101 cm³/mol. The molecule has 0 radical (unpaired) electrons. The second-order valence-electron chi connectivity index (χ2n) is 7.16. The lowest BCUT2D eigenvalue weighted by Crippen LogP contribution is -2.47. The van der Waals surface area contributed by atoms with Crippen LogP contribution in [-0.4, -0.2) is 34.9 Å². The van der Waals surface area contributed by atoms with Gasteiger partial charge >= 0.3 is 0 Å². The Balaban J connectivity index is 1.70. The fourth-order valence-corrected chi connectivity index (χ4v) is 4.17. The molecule has 1 fully saturated rings. The number of hydrogen-bond donors (Lipinski definition) is 2. The number of nitrogen functional groups attached to an aromatic ring is 1. The number of ether oxygens (including phenoxy) is 1. The second-order valence-corrected chi connectivity index (χ2v) is 7.56. The summed E-state index contributed by atoms with van der Waals surface area (Å²) in [6.07, 6.45) is 5.65. The van der Waals surface area contributed by atoms with Gasteiger partial charge in [-0.05, 0) is 47.4 Å². The molecule has 2 aliphatic rings. The van der Waals surface area contributed by atoms with E-state index in [9.17, 15) is 5.11 Å². The third kappa shape index (κ3) is 2.88. The Labute approximate surface area is 156 Å². The summed E-state index contributed by atoms with van der Waals surface area (Å²) in [4.78, 5) is 4.12. The van der Waals surface area contributed by atoms with Crippen molar-refractivity contribution in [2.75, 3.05) is 18.9 Å². The van der Waals surface area contributed by atoms with Gasteiger partial charge in [0, 0.05) is 17.8 Å². The molecule has 4 atom stereocenters. The van der Waals surface area contributed by atoms with Crippen molar-refractivity contribution in [2.24, 2.45) is 16.1 Å². The van der Waals surface area contributed by atoms with Crippen molar-refractivity contribution in [3.63, 3.8) is 0 Å². The number of aliphatic hydroxyl groups excluding tert-OH is 1. The molecular formula is C19H21ClN4O2. The highest BCUT2D eigenvalue weighted by Crippen LogP contribution is 2.42. The quantitative estimate of drug-likeness (QED) is 0.859. The average molecular weight is 373 g/mol. The molecule has 2 aromatic rings. The van der Waals surface area contributed by atoms with E-state index in [1.54, 1.807) is 12.4 Å². The summed E-state index contributed by atoms with van der Waals surface area (Å²) in [6.45, 7) is 2.63. The fourth-order valence-electron chi connectivity index (χ4n) is 3.89. The Hall–Kier alpha value is -2.02. The molecule has 6 nitrogen and oxygen atoms in total. The number of pyridine rings is 1. The molecule has 0 saturated carbocycles. The van der Waals surface area contributed by atoms with Crippen LogP contribution < -0.4 is 5.73 Å². The highest BCUT2D eigenvalue weighted by Gasteiger charge is 2.44. The van der Waals surface area contributed by atoms with Crippen LogP contribution in [0.15, 0.2) is 46.9 Å². The van der Waals surface area contributed by atoms with E-state index in [1.807, 2.05) is 18.2 Å². The summed E-state index contributed by atoms with van der Waals surface area (Å²) >= 11 is 6.50. The molecule has 0 aliphatic carbocycles. The first-order chi connectivity index (χ1) is 12.5. The molecule has 0 bridgehead atoms. The smallest absolute Gasteiger partial charge is 0.151 e. The Bertz CT molecular complexity index is 886. The third-order valence-electron chi connectivity index (χ3n) is 5.46. The summed E-state index contributed by atoms with van der Waals surface area (Å²) in [7, 11) is 0. The van der Waals surface area contributed by atoms with Crippen molar-refractivity contribution in [2.45, 2.75) is 30.9 Å². The van der Waals surface area contributed by atoms with Gasteiger partial charge in [0.1, 0.15) is 5.82 Å². The van der Waals surface area contributed by atoms with Crippen LogP contribution in [0, 0.1) is 5.92 Å². The first-order valence-corrected chi connectivity index (χ1v) is 9.07. The SMILES string of the molecule is CC1COC(C2(CO)C=CN=N2)CC1c1cc(Cl)c2cnc(N)cc2c1. The summed E-state index contributed by atoms with van der Waals surface area (Å²) in [5.74, 6) is 1.02. The Kier molecular flexibility index (Phi) is 4.42. The van der Waals surface area contributed by atoms with Gasteiger partial charge in [0.2, 0.25) is 0 Å². The number of benzene rings is 1. The molecule has 2 aliphatic heterocycles. The number of halogens is 1. The number of fused-ring (bicyclic) bond motifs is 1. The summed E-state index contributed by atoms with van der Waals surface area (Å²) < 4.78 is 6.03. The Morgan fingerprint density at radius 1 is 1.38 bits per heavy atom. The van der Waals surface area contributed by atoms with Crippen LogP contribution in [0.4, 0.5) is 5.82 Å². The van der Waals surface area contributed by atoms with Crippen LogP contribution in [0.5, 0.6) is 0 Å².